The summed E-state index contributed by atoms with van der Waals surface area (Å²) in [5.41, 5.74) is 2.49. The van der Waals surface area contributed by atoms with Gasteiger partial charge >= 0.3 is 0 Å². The van der Waals surface area contributed by atoms with E-state index in [1.807, 2.05) is 48.5 Å². The Kier molecular flexibility index (Phi) is 3.92. The van der Waals surface area contributed by atoms with Crippen LogP contribution in [0.2, 0.25) is 0 Å². The lowest BCUT2D eigenvalue weighted by Gasteiger charge is -2.05. The highest BCUT2D eigenvalue weighted by Gasteiger charge is 2.06. The Labute approximate surface area is 130 Å². The van der Waals surface area contributed by atoms with Gasteiger partial charge in [0.25, 0.3) is 0 Å². The van der Waals surface area contributed by atoms with Crippen LogP contribution in [0.4, 0.5) is 5.82 Å². The number of carbonyl (C=O) groups excluding carboxylic acids is 1. The van der Waals surface area contributed by atoms with Crippen LogP contribution in [0, 0.1) is 0 Å². The van der Waals surface area contributed by atoms with Gasteiger partial charge in [0.05, 0.1) is 23.7 Å². The topological polar surface area (TPSA) is 54.9 Å². The van der Waals surface area contributed by atoms with Crippen LogP contribution in [0.3, 0.4) is 0 Å². The Balaban J connectivity index is 1.76. The van der Waals surface area contributed by atoms with E-state index in [4.69, 9.17) is 0 Å². The molecule has 0 aliphatic heterocycles. The van der Waals surface area contributed by atoms with E-state index >= 15 is 0 Å². The summed E-state index contributed by atoms with van der Waals surface area (Å²) in [7, 11) is 0. The molecule has 0 radical (unpaired) electrons. The number of halogens is 1. The van der Waals surface area contributed by atoms with Crippen molar-refractivity contribution in [3.05, 3.63) is 64.8 Å². The number of anilines is 1. The number of carbonyl (C=O) groups is 1. The fourth-order valence-electron chi connectivity index (χ4n) is 2.01. The minimum atomic E-state index is -0.107. The van der Waals surface area contributed by atoms with Gasteiger partial charge in [-0.05, 0) is 23.8 Å². The van der Waals surface area contributed by atoms with Crippen LogP contribution in [0.1, 0.15) is 5.56 Å². The van der Waals surface area contributed by atoms with E-state index in [1.165, 1.54) is 0 Å². The van der Waals surface area contributed by atoms with Gasteiger partial charge in [-0.2, -0.15) is 0 Å². The van der Waals surface area contributed by atoms with Gasteiger partial charge in [0, 0.05) is 4.47 Å². The molecular formula is C16H12BrN3O. The number of hydrogen-bond acceptors (Lipinski definition) is 3. The zero-order valence-corrected chi connectivity index (χ0v) is 12.7. The predicted molar refractivity (Wildman–Crippen MR) is 86.0 cm³/mol. The number of hydrogen-bond donors (Lipinski definition) is 1. The standard InChI is InChI=1S/C16H12BrN3O/c17-12-6-7-13-14(9-12)19-15(10-18-13)20-16(21)8-11-4-2-1-3-5-11/h1-7,9-10H,8H2,(H,19,20,21). The third kappa shape index (κ3) is 3.44. The Morgan fingerprint density at radius 2 is 1.90 bits per heavy atom. The summed E-state index contributed by atoms with van der Waals surface area (Å²) in [4.78, 5) is 20.7. The van der Waals surface area contributed by atoms with Crippen molar-refractivity contribution in [2.75, 3.05) is 5.32 Å². The van der Waals surface area contributed by atoms with E-state index in [0.29, 0.717) is 12.2 Å². The maximum absolute atomic E-state index is 12.0. The number of nitrogens with one attached hydrogen (secondary N) is 1. The lowest BCUT2D eigenvalue weighted by Crippen LogP contribution is -2.15. The van der Waals surface area contributed by atoms with E-state index in [2.05, 4.69) is 31.2 Å². The average molecular weight is 342 g/mol. The molecule has 3 rings (SSSR count). The molecule has 0 saturated carbocycles. The molecule has 4 nitrogen and oxygen atoms in total. The number of fused-ring (bicyclic) bond motifs is 1. The molecule has 0 aliphatic rings. The zero-order chi connectivity index (χ0) is 14.7. The third-order valence-corrected chi connectivity index (χ3v) is 3.47. The van der Waals surface area contributed by atoms with Gasteiger partial charge in [-0.1, -0.05) is 46.3 Å². The molecule has 0 atom stereocenters. The number of rotatable bonds is 3. The Hall–Kier alpha value is -2.27. The van der Waals surface area contributed by atoms with E-state index in [0.717, 1.165) is 21.1 Å². The number of nitrogens with zero attached hydrogens (tertiary/aromatic N) is 2. The van der Waals surface area contributed by atoms with Crippen molar-refractivity contribution in [1.29, 1.82) is 0 Å². The van der Waals surface area contributed by atoms with Crippen molar-refractivity contribution < 1.29 is 4.79 Å². The van der Waals surface area contributed by atoms with Crippen molar-refractivity contribution in [2.45, 2.75) is 6.42 Å². The first-order valence-corrected chi connectivity index (χ1v) is 7.26. The highest BCUT2D eigenvalue weighted by Crippen LogP contribution is 2.18. The first-order chi connectivity index (χ1) is 10.2. The Morgan fingerprint density at radius 1 is 1.10 bits per heavy atom. The molecule has 1 amide bonds. The van der Waals surface area contributed by atoms with Gasteiger partial charge in [0.15, 0.2) is 5.82 Å². The van der Waals surface area contributed by atoms with Crippen LogP contribution in [0.25, 0.3) is 11.0 Å². The van der Waals surface area contributed by atoms with Crippen LogP contribution in [-0.2, 0) is 11.2 Å². The van der Waals surface area contributed by atoms with Crippen molar-refractivity contribution >= 4 is 38.7 Å². The van der Waals surface area contributed by atoms with Crippen LogP contribution < -0.4 is 5.32 Å². The summed E-state index contributed by atoms with van der Waals surface area (Å²) in [5, 5.41) is 2.77. The molecule has 0 aliphatic carbocycles. The lowest BCUT2D eigenvalue weighted by molar-refractivity contribution is -0.115. The van der Waals surface area contributed by atoms with Gasteiger partial charge in [0.1, 0.15) is 0 Å². The summed E-state index contributed by atoms with van der Waals surface area (Å²) in [5.74, 6) is 0.353. The Bertz CT molecular complexity index is 790. The van der Waals surface area contributed by atoms with E-state index in [-0.39, 0.29) is 5.91 Å². The molecule has 0 spiro atoms. The third-order valence-electron chi connectivity index (χ3n) is 2.98. The van der Waals surface area contributed by atoms with Crippen LogP contribution in [0.15, 0.2) is 59.2 Å². The predicted octanol–water partition coefficient (Wildman–Crippen LogP) is 3.57. The molecule has 1 N–H and O–H groups in total. The SMILES string of the molecule is O=C(Cc1ccccc1)Nc1cnc2ccc(Br)cc2n1. The molecule has 2 aromatic carbocycles. The zero-order valence-electron chi connectivity index (χ0n) is 11.1. The molecule has 5 heteroatoms. The summed E-state index contributed by atoms with van der Waals surface area (Å²) >= 11 is 3.40. The number of amides is 1. The first-order valence-electron chi connectivity index (χ1n) is 6.47. The highest BCUT2D eigenvalue weighted by molar-refractivity contribution is 9.10. The summed E-state index contributed by atoms with van der Waals surface area (Å²) < 4.78 is 0.928. The molecule has 0 saturated heterocycles. The molecule has 3 aromatic rings. The molecule has 1 heterocycles. The van der Waals surface area contributed by atoms with E-state index < -0.39 is 0 Å². The van der Waals surface area contributed by atoms with Gasteiger partial charge < -0.3 is 5.32 Å². The van der Waals surface area contributed by atoms with Crippen LogP contribution in [0.5, 0.6) is 0 Å². The highest BCUT2D eigenvalue weighted by atomic mass is 79.9. The van der Waals surface area contributed by atoms with Crippen molar-refractivity contribution in [3.8, 4) is 0 Å². The quantitative estimate of drug-likeness (QED) is 0.792. The molecule has 0 bridgehead atoms. The van der Waals surface area contributed by atoms with Gasteiger partial charge in [-0.15, -0.1) is 0 Å². The second-order valence-electron chi connectivity index (χ2n) is 4.60. The molecule has 0 fully saturated rings. The molecule has 104 valence electrons. The summed E-state index contributed by atoms with van der Waals surface area (Å²) in [6.45, 7) is 0. The van der Waals surface area contributed by atoms with Gasteiger partial charge in [0.2, 0.25) is 5.91 Å². The minimum Gasteiger partial charge on any atom is -0.309 e. The lowest BCUT2D eigenvalue weighted by atomic mass is 10.1. The van der Waals surface area contributed by atoms with Crippen LogP contribution in [-0.4, -0.2) is 15.9 Å². The summed E-state index contributed by atoms with van der Waals surface area (Å²) in [6.07, 6.45) is 1.89. The first kappa shape index (κ1) is 13.7. The summed E-state index contributed by atoms with van der Waals surface area (Å²) in [6, 6.07) is 15.2. The largest absolute Gasteiger partial charge is 0.309 e. The fourth-order valence-corrected chi connectivity index (χ4v) is 2.36. The average Bonchev–Trinajstić information content (AvgIpc) is 2.47. The molecule has 0 unspecified atom stereocenters. The minimum absolute atomic E-state index is 0.107. The molecule has 1 aromatic heterocycles. The second kappa shape index (κ2) is 6.01. The Morgan fingerprint density at radius 3 is 2.71 bits per heavy atom. The number of aromatic nitrogens is 2. The van der Waals surface area contributed by atoms with Crippen molar-refractivity contribution in [1.82, 2.24) is 9.97 Å². The van der Waals surface area contributed by atoms with Crippen LogP contribution >= 0.6 is 15.9 Å². The monoisotopic (exact) mass is 341 g/mol. The van der Waals surface area contributed by atoms with Gasteiger partial charge in [-0.3, -0.25) is 9.78 Å². The normalized spacial score (nSPS) is 10.5. The van der Waals surface area contributed by atoms with E-state index in [1.54, 1.807) is 6.20 Å². The maximum Gasteiger partial charge on any atom is 0.229 e. The van der Waals surface area contributed by atoms with Gasteiger partial charge in [-0.25, -0.2) is 4.98 Å². The number of benzene rings is 2. The molecule has 21 heavy (non-hydrogen) atoms. The molecular weight excluding hydrogens is 330 g/mol. The van der Waals surface area contributed by atoms with Crippen molar-refractivity contribution in [3.63, 3.8) is 0 Å². The second-order valence-corrected chi connectivity index (χ2v) is 5.51. The van der Waals surface area contributed by atoms with Crippen molar-refractivity contribution in [2.24, 2.45) is 0 Å². The smallest absolute Gasteiger partial charge is 0.229 e. The fraction of sp³-hybridized carbons (Fsp3) is 0.0625. The maximum atomic E-state index is 12.0. The van der Waals surface area contributed by atoms with E-state index in [9.17, 15) is 4.79 Å².